The van der Waals surface area contributed by atoms with Crippen LogP contribution in [0.5, 0.6) is 5.75 Å². The molecule has 1 fully saturated rings. The molecule has 1 saturated heterocycles. The third-order valence-corrected chi connectivity index (χ3v) is 11.6. The average molecular weight is 502 g/mol. The number of hydrogen-bond acceptors (Lipinski definition) is 3. The zero-order valence-electron chi connectivity index (χ0n) is 21.6. The third kappa shape index (κ3) is 6.38. The molecule has 7 heteroatoms. The van der Waals surface area contributed by atoms with Crippen molar-refractivity contribution in [2.24, 2.45) is 0 Å². The maximum Gasteiger partial charge on any atom is 0.301 e. The van der Waals surface area contributed by atoms with Crippen LogP contribution in [0.3, 0.4) is 0 Å². The second kappa shape index (κ2) is 10.6. The van der Waals surface area contributed by atoms with Crippen LogP contribution in [-0.4, -0.2) is 38.4 Å². The highest BCUT2D eigenvalue weighted by Gasteiger charge is 2.47. The molecule has 0 radical (unpaired) electrons. The topological polar surface area (TPSA) is 38.8 Å². The summed E-state index contributed by atoms with van der Waals surface area (Å²) in [6.07, 6.45) is 2.79. The van der Waals surface area contributed by atoms with Crippen LogP contribution in [-0.2, 0) is 21.7 Å². The first-order valence-corrected chi connectivity index (χ1v) is 15.0. The van der Waals surface area contributed by atoms with Crippen molar-refractivity contribution >= 4 is 14.2 Å². The first-order valence-electron chi connectivity index (χ1n) is 12.1. The normalized spacial score (nSPS) is 18.3. The quantitative estimate of drug-likeness (QED) is 0.276. The summed E-state index contributed by atoms with van der Waals surface area (Å²) in [6.45, 7) is 10.5. The van der Waals surface area contributed by atoms with Crippen molar-refractivity contribution < 1.29 is 22.7 Å². The predicted molar refractivity (Wildman–Crippen MR) is 138 cm³/mol. The van der Waals surface area contributed by atoms with Crippen LogP contribution in [0, 0.1) is 0 Å². The van der Waals surface area contributed by atoms with E-state index in [-0.39, 0.29) is 22.6 Å². The minimum absolute atomic E-state index is 0.0205. The van der Waals surface area contributed by atoms with Gasteiger partial charge in [0, 0.05) is 18.5 Å². The van der Waals surface area contributed by atoms with Crippen molar-refractivity contribution in [3.05, 3.63) is 77.9 Å². The van der Waals surface area contributed by atoms with Crippen molar-refractivity contribution in [3.8, 4) is 5.75 Å². The summed E-state index contributed by atoms with van der Waals surface area (Å²) in [6, 6.07) is 15.1. The summed E-state index contributed by atoms with van der Waals surface area (Å²) in [7, 11) is -0.907. The first-order chi connectivity index (χ1) is 16.3. The molecule has 3 rings (SSSR count). The van der Waals surface area contributed by atoms with E-state index in [9.17, 15) is 4.79 Å². The molecule has 1 aliphatic rings. The lowest BCUT2D eigenvalue weighted by molar-refractivity contribution is -0.129. The molecule has 2 aromatic rings. The van der Waals surface area contributed by atoms with E-state index in [4.69, 9.17) is 9.16 Å². The van der Waals surface area contributed by atoms with Gasteiger partial charge in [-0.25, -0.2) is 0 Å². The first kappa shape index (κ1) is 27.1. The lowest BCUT2D eigenvalue weighted by Gasteiger charge is -2.40. The van der Waals surface area contributed by atoms with Gasteiger partial charge in [0.15, 0.2) is 8.32 Å². The molecular formula is C28H37F2NO3Si. The van der Waals surface area contributed by atoms with Crippen molar-refractivity contribution in [2.45, 2.75) is 76.4 Å². The van der Waals surface area contributed by atoms with Gasteiger partial charge in [-0.1, -0.05) is 75.4 Å². The Balaban J connectivity index is 1.87. The van der Waals surface area contributed by atoms with E-state index in [2.05, 4.69) is 0 Å². The van der Waals surface area contributed by atoms with E-state index < -0.39 is 20.3 Å². The van der Waals surface area contributed by atoms with Crippen molar-refractivity contribution in [1.82, 2.24) is 4.90 Å². The second-order valence-electron chi connectivity index (χ2n) is 10.6. The van der Waals surface area contributed by atoms with Crippen LogP contribution in [0.2, 0.25) is 18.1 Å². The number of carbonyl (C=O) groups is 1. The average Bonchev–Trinajstić information content (AvgIpc) is 3.16. The Morgan fingerprint density at radius 1 is 1.09 bits per heavy atom. The number of nitrogens with zero attached hydrogens (tertiary/aromatic N) is 1. The lowest BCUT2D eigenvalue weighted by atomic mass is 10.0. The largest absolute Gasteiger partial charge is 0.497 e. The molecule has 0 bridgehead atoms. The number of amides is 1. The Labute approximate surface area is 209 Å². The molecule has 2 aromatic carbocycles. The van der Waals surface area contributed by atoms with Crippen molar-refractivity contribution in [3.63, 3.8) is 0 Å². The van der Waals surface area contributed by atoms with Gasteiger partial charge < -0.3 is 14.1 Å². The Morgan fingerprint density at radius 2 is 1.71 bits per heavy atom. The van der Waals surface area contributed by atoms with E-state index in [1.54, 1.807) is 36.3 Å². The second-order valence-corrected chi connectivity index (χ2v) is 15.4. The number of halogens is 2. The molecule has 0 aromatic heterocycles. The van der Waals surface area contributed by atoms with E-state index >= 15 is 8.78 Å². The monoisotopic (exact) mass is 501 g/mol. The Morgan fingerprint density at radius 3 is 2.29 bits per heavy atom. The molecule has 0 aliphatic carbocycles. The fraction of sp³-hybridized carbons (Fsp3) is 0.464. The van der Waals surface area contributed by atoms with E-state index in [0.717, 1.165) is 11.3 Å². The number of benzene rings is 2. The highest BCUT2D eigenvalue weighted by Crippen LogP contribution is 2.42. The number of rotatable bonds is 9. The van der Waals surface area contributed by atoms with Crippen molar-refractivity contribution in [1.29, 1.82) is 0 Å². The maximum absolute atomic E-state index is 15.8. The summed E-state index contributed by atoms with van der Waals surface area (Å²) >= 11 is 0. The Bertz CT molecular complexity index is 1020. The molecular weight excluding hydrogens is 464 g/mol. The fourth-order valence-electron chi connectivity index (χ4n) is 3.87. The van der Waals surface area contributed by atoms with Crippen LogP contribution < -0.4 is 4.74 Å². The number of methoxy groups -OCH3 is 1. The van der Waals surface area contributed by atoms with Gasteiger partial charge in [-0.15, -0.1) is 0 Å². The number of hydrogen-bond donors (Lipinski definition) is 0. The van der Waals surface area contributed by atoms with Crippen LogP contribution in [0.4, 0.5) is 8.78 Å². The Hall–Kier alpha value is -2.51. The molecule has 0 saturated carbocycles. The molecule has 1 amide bonds. The summed E-state index contributed by atoms with van der Waals surface area (Å²) in [5, 5.41) is -0.227. The van der Waals surface area contributed by atoms with Crippen LogP contribution in [0.15, 0.2) is 66.7 Å². The molecule has 0 N–H and O–H groups in total. The van der Waals surface area contributed by atoms with Gasteiger partial charge in [-0.2, -0.15) is 8.78 Å². The zero-order chi connectivity index (χ0) is 25.9. The van der Waals surface area contributed by atoms with Gasteiger partial charge in [-0.3, -0.25) is 4.79 Å². The standard InChI is InChI=1S/C28H37F2NO3Si/c1-27(2,3)35(5,6)34-25(28(29,30)22-10-8-7-9-11-22)18-14-23-15-19-26(32)31(23)20-21-12-16-24(33-4)17-13-21/h7-14,16-18,23,25H,15,19-20H2,1-6H3/b18-14+/t23-,25?/m0/s1. The van der Waals surface area contributed by atoms with Gasteiger partial charge in [0.05, 0.1) is 13.2 Å². The van der Waals surface area contributed by atoms with Crippen LogP contribution in [0.25, 0.3) is 0 Å². The third-order valence-electron chi connectivity index (χ3n) is 7.14. The molecule has 1 aliphatic heterocycles. The molecule has 35 heavy (non-hydrogen) atoms. The van der Waals surface area contributed by atoms with Gasteiger partial charge in [0.2, 0.25) is 5.91 Å². The Kier molecular flexibility index (Phi) is 8.22. The summed E-state index contributed by atoms with van der Waals surface area (Å²) in [4.78, 5) is 14.4. The van der Waals surface area contributed by atoms with Gasteiger partial charge in [0.1, 0.15) is 11.9 Å². The zero-order valence-corrected chi connectivity index (χ0v) is 22.6. The lowest BCUT2D eigenvalue weighted by Crippen LogP contribution is -2.48. The molecule has 1 heterocycles. The van der Waals surface area contributed by atoms with E-state index in [0.29, 0.717) is 19.4 Å². The SMILES string of the molecule is COc1ccc(CN2C(=O)CC[C@@H]2/C=C/C(O[Si](C)(C)C(C)(C)C)C(F)(F)c2ccccc2)cc1. The minimum atomic E-state index is -3.21. The van der Waals surface area contributed by atoms with E-state index in [1.165, 1.54) is 18.2 Å². The summed E-state index contributed by atoms with van der Waals surface area (Å²) < 4.78 is 43.0. The number of carbonyl (C=O) groups excluding carboxylic acids is 1. The van der Waals surface area contributed by atoms with Gasteiger partial charge in [0.25, 0.3) is 0 Å². The van der Waals surface area contributed by atoms with Crippen LogP contribution >= 0.6 is 0 Å². The number of alkyl halides is 2. The van der Waals surface area contributed by atoms with Gasteiger partial charge >= 0.3 is 5.92 Å². The number of ether oxygens (including phenoxy) is 1. The highest BCUT2D eigenvalue weighted by atomic mass is 28.4. The number of likely N-dealkylation sites (tertiary alicyclic amines) is 1. The van der Waals surface area contributed by atoms with Crippen molar-refractivity contribution in [2.75, 3.05) is 7.11 Å². The van der Waals surface area contributed by atoms with E-state index in [1.807, 2.05) is 58.1 Å². The molecule has 190 valence electrons. The smallest absolute Gasteiger partial charge is 0.301 e. The fourth-order valence-corrected chi connectivity index (χ4v) is 5.09. The highest BCUT2D eigenvalue weighted by molar-refractivity contribution is 6.74. The minimum Gasteiger partial charge on any atom is -0.497 e. The summed E-state index contributed by atoms with van der Waals surface area (Å²) in [5.74, 6) is -2.45. The molecule has 0 spiro atoms. The molecule has 2 atom stereocenters. The summed E-state index contributed by atoms with van der Waals surface area (Å²) in [5.41, 5.74) is 0.883. The molecule has 1 unspecified atom stereocenters. The van der Waals surface area contributed by atoms with Gasteiger partial charge in [-0.05, 0) is 42.2 Å². The predicted octanol–water partition coefficient (Wildman–Crippen LogP) is 6.92. The molecule has 4 nitrogen and oxygen atoms in total. The van der Waals surface area contributed by atoms with Crippen LogP contribution in [0.1, 0.15) is 44.7 Å². The maximum atomic E-state index is 15.8.